The van der Waals surface area contributed by atoms with Gasteiger partial charge in [-0.3, -0.25) is 14.5 Å². The van der Waals surface area contributed by atoms with E-state index in [4.69, 9.17) is 46.4 Å². The molecule has 1 saturated heterocycles. The summed E-state index contributed by atoms with van der Waals surface area (Å²) >= 11 is 23.7. The second-order valence-electron chi connectivity index (χ2n) is 4.71. The van der Waals surface area contributed by atoms with E-state index in [0.717, 1.165) is 0 Å². The molecule has 1 aliphatic heterocycles. The summed E-state index contributed by atoms with van der Waals surface area (Å²) in [6.45, 7) is 1.35. The number of ketones is 1. The number of nitrogens with zero attached hydrogens (tertiary/aromatic N) is 1. The fourth-order valence-corrected chi connectivity index (χ4v) is 2.87. The smallest absolute Gasteiger partial charge is 0.238 e. The van der Waals surface area contributed by atoms with Gasteiger partial charge in [-0.15, -0.1) is 0 Å². The molecule has 1 aromatic carbocycles. The van der Waals surface area contributed by atoms with Crippen molar-refractivity contribution in [3.05, 3.63) is 26.2 Å². The van der Waals surface area contributed by atoms with Crippen LogP contribution < -0.4 is 5.32 Å². The summed E-state index contributed by atoms with van der Waals surface area (Å²) in [5.41, 5.74) is 0.314. The van der Waals surface area contributed by atoms with Gasteiger partial charge in [0.15, 0.2) is 0 Å². The number of piperidine rings is 1. The average molecular weight is 370 g/mol. The Kier molecular flexibility index (Phi) is 5.74. The predicted molar refractivity (Wildman–Crippen MR) is 85.8 cm³/mol. The van der Waals surface area contributed by atoms with Gasteiger partial charge in [0.05, 0.1) is 32.3 Å². The van der Waals surface area contributed by atoms with E-state index in [1.165, 1.54) is 6.07 Å². The first kappa shape index (κ1) is 16.8. The first-order valence-corrected chi connectivity index (χ1v) is 7.76. The van der Waals surface area contributed by atoms with Crippen LogP contribution in [-0.4, -0.2) is 36.2 Å². The maximum absolute atomic E-state index is 12.0. The number of hydrogen-bond acceptors (Lipinski definition) is 3. The number of carbonyl (C=O) groups excluding carboxylic acids is 2. The van der Waals surface area contributed by atoms with E-state index in [1.807, 2.05) is 4.90 Å². The Hall–Kier alpha value is -0.520. The van der Waals surface area contributed by atoms with Gasteiger partial charge in [0, 0.05) is 25.9 Å². The van der Waals surface area contributed by atoms with Crippen LogP contribution in [0.3, 0.4) is 0 Å². The molecule has 1 N–H and O–H groups in total. The molecule has 4 nitrogen and oxygen atoms in total. The average Bonchev–Trinajstić information content (AvgIpc) is 2.45. The molecular formula is C13H12Cl4N2O2. The monoisotopic (exact) mass is 368 g/mol. The number of Topliss-reactive ketones (excluding diaryl/α,β-unsaturated/α-hetero) is 1. The van der Waals surface area contributed by atoms with E-state index in [9.17, 15) is 9.59 Å². The Labute approximate surface area is 142 Å². The fourth-order valence-electron chi connectivity index (χ4n) is 2.02. The van der Waals surface area contributed by atoms with Crippen LogP contribution >= 0.6 is 46.4 Å². The number of anilines is 1. The van der Waals surface area contributed by atoms with E-state index in [0.29, 0.717) is 31.6 Å². The zero-order valence-electron chi connectivity index (χ0n) is 10.9. The number of carbonyl (C=O) groups is 2. The SMILES string of the molecule is O=C1CCN(CC(=O)Nc2cc(Cl)c(Cl)c(Cl)c2Cl)CC1. The molecule has 1 fully saturated rings. The van der Waals surface area contributed by atoms with Gasteiger partial charge in [-0.2, -0.15) is 0 Å². The lowest BCUT2D eigenvalue weighted by Crippen LogP contribution is -2.39. The molecule has 8 heteroatoms. The molecule has 0 aromatic heterocycles. The van der Waals surface area contributed by atoms with Gasteiger partial charge in [0.1, 0.15) is 5.78 Å². The standard InChI is InChI=1S/C13H12Cl4N2O2/c14-8-5-9(12(16)13(17)11(8)15)18-10(21)6-19-3-1-7(20)2-4-19/h5H,1-4,6H2,(H,18,21). The molecule has 0 radical (unpaired) electrons. The van der Waals surface area contributed by atoms with Crippen LogP contribution in [0.15, 0.2) is 6.07 Å². The maximum Gasteiger partial charge on any atom is 0.238 e. The third-order valence-electron chi connectivity index (χ3n) is 3.16. The molecule has 2 rings (SSSR count). The van der Waals surface area contributed by atoms with Gasteiger partial charge in [-0.05, 0) is 6.07 Å². The summed E-state index contributed by atoms with van der Waals surface area (Å²) in [6, 6.07) is 1.45. The quantitative estimate of drug-likeness (QED) is 0.649. The highest BCUT2D eigenvalue weighted by Gasteiger charge is 2.20. The molecule has 114 valence electrons. The number of nitrogens with one attached hydrogen (secondary N) is 1. The molecule has 1 heterocycles. The lowest BCUT2D eigenvalue weighted by molar-refractivity contribution is -0.124. The topological polar surface area (TPSA) is 49.4 Å². The highest BCUT2D eigenvalue weighted by atomic mass is 35.5. The van der Waals surface area contributed by atoms with E-state index >= 15 is 0 Å². The van der Waals surface area contributed by atoms with Crippen LogP contribution in [0.5, 0.6) is 0 Å². The summed E-state index contributed by atoms with van der Waals surface area (Å²) < 4.78 is 0. The number of amides is 1. The van der Waals surface area contributed by atoms with E-state index in [2.05, 4.69) is 5.32 Å². The van der Waals surface area contributed by atoms with Crippen LogP contribution in [0.25, 0.3) is 0 Å². The first-order valence-electron chi connectivity index (χ1n) is 6.25. The number of rotatable bonds is 3. The Balaban J connectivity index is 2.01. The third kappa shape index (κ3) is 4.24. The Morgan fingerprint density at radius 1 is 1.10 bits per heavy atom. The van der Waals surface area contributed by atoms with Crippen molar-refractivity contribution < 1.29 is 9.59 Å². The molecule has 0 aliphatic carbocycles. The number of likely N-dealkylation sites (tertiary alicyclic amines) is 1. The molecule has 0 unspecified atom stereocenters. The molecule has 0 atom stereocenters. The van der Waals surface area contributed by atoms with E-state index < -0.39 is 0 Å². The highest BCUT2D eigenvalue weighted by molar-refractivity contribution is 6.52. The van der Waals surface area contributed by atoms with Crippen LogP contribution in [0.1, 0.15) is 12.8 Å². The van der Waals surface area contributed by atoms with Crippen LogP contribution in [0.2, 0.25) is 20.1 Å². The van der Waals surface area contributed by atoms with Gasteiger partial charge in [0.2, 0.25) is 5.91 Å². The molecule has 1 aromatic rings. The van der Waals surface area contributed by atoms with E-state index in [-0.39, 0.29) is 38.3 Å². The molecule has 0 spiro atoms. The molecule has 1 aliphatic rings. The van der Waals surface area contributed by atoms with E-state index in [1.54, 1.807) is 0 Å². The van der Waals surface area contributed by atoms with Crippen LogP contribution in [0.4, 0.5) is 5.69 Å². The lowest BCUT2D eigenvalue weighted by atomic mass is 10.1. The third-order valence-corrected chi connectivity index (χ3v) is 4.91. The van der Waals surface area contributed by atoms with Crippen molar-refractivity contribution >= 4 is 63.8 Å². The maximum atomic E-state index is 12.0. The Morgan fingerprint density at radius 3 is 2.33 bits per heavy atom. The molecular weight excluding hydrogens is 358 g/mol. The zero-order chi connectivity index (χ0) is 15.6. The second-order valence-corrected chi connectivity index (χ2v) is 6.25. The summed E-state index contributed by atoms with van der Waals surface area (Å²) in [5, 5.41) is 3.26. The zero-order valence-corrected chi connectivity index (χ0v) is 13.9. The number of halogens is 4. The second kappa shape index (κ2) is 7.16. The predicted octanol–water partition coefficient (Wildman–Crippen LogP) is 3.90. The molecule has 0 saturated carbocycles. The summed E-state index contributed by atoms with van der Waals surface area (Å²) in [7, 11) is 0. The minimum Gasteiger partial charge on any atom is -0.324 e. The number of benzene rings is 1. The van der Waals surface area contributed by atoms with Gasteiger partial charge in [0.25, 0.3) is 0 Å². The highest BCUT2D eigenvalue weighted by Crippen LogP contribution is 2.40. The minimum atomic E-state index is -0.249. The van der Waals surface area contributed by atoms with Crippen molar-refractivity contribution in [1.82, 2.24) is 4.90 Å². The number of hydrogen-bond donors (Lipinski definition) is 1. The summed E-state index contributed by atoms with van der Waals surface area (Å²) in [6.07, 6.45) is 0.958. The summed E-state index contributed by atoms with van der Waals surface area (Å²) in [4.78, 5) is 25.1. The van der Waals surface area contributed by atoms with Gasteiger partial charge in [-0.25, -0.2) is 0 Å². The van der Waals surface area contributed by atoms with Crippen molar-refractivity contribution in [3.8, 4) is 0 Å². The molecule has 0 bridgehead atoms. The molecule has 21 heavy (non-hydrogen) atoms. The molecule has 1 amide bonds. The first-order chi connectivity index (χ1) is 9.88. The van der Waals surface area contributed by atoms with Gasteiger partial charge in [-0.1, -0.05) is 46.4 Å². The normalized spacial score (nSPS) is 16.1. The van der Waals surface area contributed by atoms with Crippen LogP contribution in [-0.2, 0) is 9.59 Å². The van der Waals surface area contributed by atoms with Gasteiger partial charge < -0.3 is 5.32 Å². The van der Waals surface area contributed by atoms with Crippen molar-refractivity contribution in [2.24, 2.45) is 0 Å². The fraction of sp³-hybridized carbons (Fsp3) is 0.385. The summed E-state index contributed by atoms with van der Waals surface area (Å²) in [5.74, 6) is -0.0216. The van der Waals surface area contributed by atoms with Crippen molar-refractivity contribution in [2.75, 3.05) is 25.0 Å². The lowest BCUT2D eigenvalue weighted by Gasteiger charge is -2.25. The van der Waals surface area contributed by atoms with Gasteiger partial charge >= 0.3 is 0 Å². The van der Waals surface area contributed by atoms with Crippen LogP contribution in [0, 0.1) is 0 Å². The Morgan fingerprint density at radius 2 is 1.71 bits per heavy atom. The van der Waals surface area contributed by atoms with Crippen molar-refractivity contribution in [1.29, 1.82) is 0 Å². The minimum absolute atomic E-state index is 0.102. The van der Waals surface area contributed by atoms with Crippen molar-refractivity contribution in [2.45, 2.75) is 12.8 Å². The largest absolute Gasteiger partial charge is 0.324 e. The Bertz CT molecular complexity index is 582. The van der Waals surface area contributed by atoms with Crippen molar-refractivity contribution in [3.63, 3.8) is 0 Å².